The molecule has 104 valence electrons. The number of hydrogen-bond donors (Lipinski definition) is 2. The van der Waals surface area contributed by atoms with Gasteiger partial charge in [-0.25, -0.2) is 14.8 Å². The molecule has 0 aliphatic heterocycles. The second kappa shape index (κ2) is 5.58. The molecule has 0 aliphatic carbocycles. The summed E-state index contributed by atoms with van der Waals surface area (Å²) in [5.41, 5.74) is 1.44. The Hall–Kier alpha value is -2.95. The summed E-state index contributed by atoms with van der Waals surface area (Å²) in [5.74, 6) is -0.444. The van der Waals surface area contributed by atoms with Crippen LogP contribution < -0.4 is 5.32 Å². The smallest absolute Gasteiger partial charge is 0.330 e. The van der Waals surface area contributed by atoms with Gasteiger partial charge in [-0.2, -0.15) is 0 Å². The van der Waals surface area contributed by atoms with E-state index in [0.717, 1.165) is 10.9 Å². The lowest BCUT2D eigenvalue weighted by molar-refractivity contribution is -0.138. The molecular weight excluding hydrogens is 266 g/mol. The third-order valence-corrected chi connectivity index (χ3v) is 3.20. The van der Waals surface area contributed by atoms with Crippen molar-refractivity contribution in [2.75, 3.05) is 5.32 Å². The van der Waals surface area contributed by atoms with E-state index < -0.39 is 12.0 Å². The standard InChI is InChI=1S/C16H13N3O2/c20-16(21)14(11-6-2-1-3-7-11)19-15-12-8-4-5-9-13(12)17-10-18-15/h1-10,14H,(H,20,21)(H,17,18,19). The summed E-state index contributed by atoms with van der Waals surface area (Å²) in [6, 6.07) is 15.6. The Balaban J connectivity index is 2.01. The average molecular weight is 279 g/mol. The van der Waals surface area contributed by atoms with Crippen molar-refractivity contribution < 1.29 is 9.90 Å². The highest BCUT2D eigenvalue weighted by atomic mass is 16.4. The molecule has 2 N–H and O–H groups in total. The van der Waals surface area contributed by atoms with E-state index in [1.54, 1.807) is 12.1 Å². The van der Waals surface area contributed by atoms with Gasteiger partial charge in [-0.1, -0.05) is 42.5 Å². The van der Waals surface area contributed by atoms with Crippen molar-refractivity contribution in [1.82, 2.24) is 9.97 Å². The summed E-state index contributed by atoms with van der Waals surface area (Å²) in [6.45, 7) is 0. The van der Waals surface area contributed by atoms with Crippen molar-refractivity contribution in [1.29, 1.82) is 0 Å². The van der Waals surface area contributed by atoms with Gasteiger partial charge in [0, 0.05) is 5.39 Å². The first-order valence-corrected chi connectivity index (χ1v) is 6.50. The van der Waals surface area contributed by atoms with Crippen LogP contribution in [0.1, 0.15) is 11.6 Å². The van der Waals surface area contributed by atoms with Gasteiger partial charge >= 0.3 is 5.97 Å². The number of aliphatic carboxylic acids is 1. The molecule has 1 atom stereocenters. The summed E-state index contributed by atoms with van der Waals surface area (Å²) in [7, 11) is 0. The van der Waals surface area contributed by atoms with Crippen LogP contribution in [-0.4, -0.2) is 21.0 Å². The van der Waals surface area contributed by atoms with E-state index in [9.17, 15) is 9.90 Å². The first-order chi connectivity index (χ1) is 10.3. The lowest BCUT2D eigenvalue weighted by atomic mass is 10.1. The van der Waals surface area contributed by atoms with Crippen molar-refractivity contribution in [3.8, 4) is 0 Å². The molecule has 3 aromatic rings. The van der Waals surface area contributed by atoms with E-state index in [4.69, 9.17) is 0 Å². The van der Waals surface area contributed by atoms with Gasteiger partial charge in [0.05, 0.1) is 5.52 Å². The van der Waals surface area contributed by atoms with Crippen LogP contribution in [0, 0.1) is 0 Å². The van der Waals surface area contributed by atoms with Gasteiger partial charge < -0.3 is 10.4 Å². The largest absolute Gasteiger partial charge is 0.479 e. The van der Waals surface area contributed by atoms with Crippen LogP contribution in [-0.2, 0) is 4.79 Å². The highest BCUT2D eigenvalue weighted by molar-refractivity contribution is 5.90. The monoisotopic (exact) mass is 279 g/mol. The van der Waals surface area contributed by atoms with Crippen LogP contribution in [0.3, 0.4) is 0 Å². The number of carboxylic acids is 1. The van der Waals surface area contributed by atoms with E-state index in [-0.39, 0.29) is 0 Å². The molecule has 1 heterocycles. The summed E-state index contributed by atoms with van der Waals surface area (Å²) >= 11 is 0. The van der Waals surface area contributed by atoms with Gasteiger partial charge in [-0.15, -0.1) is 0 Å². The second-order valence-corrected chi connectivity index (χ2v) is 4.57. The number of anilines is 1. The lowest BCUT2D eigenvalue weighted by Gasteiger charge is -2.16. The van der Waals surface area contributed by atoms with E-state index in [0.29, 0.717) is 11.4 Å². The number of nitrogens with one attached hydrogen (secondary N) is 1. The Bertz CT molecular complexity index is 769. The van der Waals surface area contributed by atoms with E-state index in [1.807, 2.05) is 42.5 Å². The SMILES string of the molecule is O=C(O)C(Nc1ncnc2ccccc12)c1ccccc1. The zero-order valence-electron chi connectivity index (χ0n) is 11.1. The summed E-state index contributed by atoms with van der Waals surface area (Å²) < 4.78 is 0. The molecular formula is C16H13N3O2. The molecule has 0 saturated carbocycles. The van der Waals surface area contributed by atoms with Crippen LogP contribution in [0.25, 0.3) is 10.9 Å². The van der Waals surface area contributed by atoms with E-state index in [1.165, 1.54) is 6.33 Å². The Labute approximate surface area is 121 Å². The number of carboxylic acid groups (broad SMARTS) is 1. The van der Waals surface area contributed by atoms with Crippen LogP contribution >= 0.6 is 0 Å². The molecule has 0 aliphatic rings. The fourth-order valence-corrected chi connectivity index (χ4v) is 2.19. The minimum absolute atomic E-state index is 0.511. The fraction of sp³-hybridized carbons (Fsp3) is 0.0625. The van der Waals surface area contributed by atoms with Gasteiger partial charge in [0.25, 0.3) is 0 Å². The Kier molecular flexibility index (Phi) is 3.47. The van der Waals surface area contributed by atoms with Gasteiger partial charge in [0.15, 0.2) is 6.04 Å². The summed E-state index contributed by atoms with van der Waals surface area (Å²) in [4.78, 5) is 19.9. The topological polar surface area (TPSA) is 75.1 Å². The molecule has 0 amide bonds. The third-order valence-electron chi connectivity index (χ3n) is 3.20. The minimum Gasteiger partial charge on any atom is -0.479 e. The predicted octanol–water partition coefficient (Wildman–Crippen LogP) is 2.87. The zero-order chi connectivity index (χ0) is 14.7. The molecule has 1 aromatic heterocycles. The molecule has 2 aromatic carbocycles. The number of rotatable bonds is 4. The zero-order valence-corrected chi connectivity index (χ0v) is 11.1. The molecule has 0 radical (unpaired) electrons. The summed E-state index contributed by atoms with van der Waals surface area (Å²) in [5, 5.41) is 13.2. The first kappa shape index (κ1) is 13.1. The molecule has 0 fully saturated rings. The molecule has 5 heteroatoms. The van der Waals surface area contributed by atoms with E-state index in [2.05, 4.69) is 15.3 Å². The maximum Gasteiger partial charge on any atom is 0.330 e. The number of aromatic nitrogens is 2. The molecule has 0 bridgehead atoms. The van der Waals surface area contributed by atoms with Crippen molar-refractivity contribution in [2.45, 2.75) is 6.04 Å². The first-order valence-electron chi connectivity index (χ1n) is 6.50. The second-order valence-electron chi connectivity index (χ2n) is 4.57. The maximum absolute atomic E-state index is 11.5. The third kappa shape index (κ3) is 2.67. The van der Waals surface area contributed by atoms with Gasteiger partial charge in [-0.3, -0.25) is 0 Å². The molecule has 5 nitrogen and oxygen atoms in total. The number of carbonyl (C=O) groups is 1. The molecule has 0 spiro atoms. The number of benzene rings is 2. The normalized spacial score (nSPS) is 12.0. The number of para-hydroxylation sites is 1. The van der Waals surface area contributed by atoms with Gasteiger partial charge in [0.1, 0.15) is 12.1 Å². The van der Waals surface area contributed by atoms with Crippen LogP contribution in [0.2, 0.25) is 0 Å². The predicted molar refractivity (Wildman–Crippen MR) is 80.0 cm³/mol. The van der Waals surface area contributed by atoms with Crippen LogP contribution in [0.4, 0.5) is 5.82 Å². The molecule has 1 unspecified atom stereocenters. The van der Waals surface area contributed by atoms with Crippen LogP contribution in [0.5, 0.6) is 0 Å². The summed E-state index contributed by atoms with van der Waals surface area (Å²) in [6.07, 6.45) is 1.43. The number of hydrogen-bond acceptors (Lipinski definition) is 4. The van der Waals surface area contributed by atoms with Gasteiger partial charge in [-0.05, 0) is 17.7 Å². The van der Waals surface area contributed by atoms with Crippen molar-refractivity contribution in [2.24, 2.45) is 0 Å². The van der Waals surface area contributed by atoms with Crippen molar-refractivity contribution in [3.63, 3.8) is 0 Å². The maximum atomic E-state index is 11.5. The quantitative estimate of drug-likeness (QED) is 0.768. The number of fused-ring (bicyclic) bond motifs is 1. The molecule has 3 rings (SSSR count). The van der Waals surface area contributed by atoms with E-state index >= 15 is 0 Å². The fourth-order valence-electron chi connectivity index (χ4n) is 2.19. The average Bonchev–Trinajstić information content (AvgIpc) is 2.53. The minimum atomic E-state index is -0.955. The Morgan fingerprint density at radius 2 is 1.71 bits per heavy atom. The van der Waals surface area contributed by atoms with Crippen molar-refractivity contribution in [3.05, 3.63) is 66.5 Å². The number of nitrogens with zero attached hydrogens (tertiary/aromatic N) is 2. The Morgan fingerprint density at radius 1 is 1.00 bits per heavy atom. The highest BCUT2D eigenvalue weighted by Crippen LogP contribution is 2.24. The van der Waals surface area contributed by atoms with Crippen molar-refractivity contribution >= 4 is 22.7 Å². The highest BCUT2D eigenvalue weighted by Gasteiger charge is 2.20. The lowest BCUT2D eigenvalue weighted by Crippen LogP contribution is -2.21. The van der Waals surface area contributed by atoms with Gasteiger partial charge in [0.2, 0.25) is 0 Å². The molecule has 0 saturated heterocycles. The Morgan fingerprint density at radius 3 is 2.48 bits per heavy atom. The molecule has 21 heavy (non-hydrogen) atoms. The van der Waals surface area contributed by atoms with Crippen LogP contribution in [0.15, 0.2) is 60.9 Å².